The van der Waals surface area contributed by atoms with E-state index in [4.69, 9.17) is 18.9 Å². The number of hydrogen-bond donors (Lipinski definition) is 13. The van der Waals surface area contributed by atoms with E-state index < -0.39 is 74.6 Å². The van der Waals surface area contributed by atoms with Gasteiger partial charge in [0, 0.05) is 87.7 Å². The van der Waals surface area contributed by atoms with Crippen LogP contribution in [0.1, 0.15) is 84.5 Å². The van der Waals surface area contributed by atoms with Crippen molar-refractivity contribution in [2.75, 3.05) is 93.5 Å². The summed E-state index contributed by atoms with van der Waals surface area (Å²) in [7, 11) is 0. The molecule has 0 spiro atoms. The summed E-state index contributed by atoms with van der Waals surface area (Å²) in [6.07, 6.45) is -3.17. The molecule has 2 fully saturated rings. The van der Waals surface area contributed by atoms with Crippen LogP contribution in [0, 0.1) is 5.92 Å². The van der Waals surface area contributed by atoms with Crippen LogP contribution >= 0.6 is 0 Å². The maximum absolute atomic E-state index is 13.2. The molecular formula is C49H82N6O14. The van der Waals surface area contributed by atoms with Gasteiger partial charge in [-0.05, 0) is 87.4 Å². The lowest BCUT2D eigenvalue weighted by Gasteiger charge is -2.35. The predicted octanol–water partition coefficient (Wildman–Crippen LogP) is 1.56. The van der Waals surface area contributed by atoms with Gasteiger partial charge in [0.15, 0.2) is 12.6 Å². The molecule has 2 amide bonds. The minimum Gasteiger partial charge on any atom is -0.394 e. The quantitative estimate of drug-likeness (QED) is 0.0443. The van der Waals surface area contributed by atoms with E-state index >= 15 is 0 Å². The summed E-state index contributed by atoms with van der Waals surface area (Å²) < 4.78 is 23.1. The number of carbonyl (C=O) groups is 2. The van der Waals surface area contributed by atoms with Crippen LogP contribution in [0.4, 0.5) is 22.7 Å². The summed E-state index contributed by atoms with van der Waals surface area (Å²) in [5, 5.41) is 95.1. The Hall–Kier alpha value is -3.58. The van der Waals surface area contributed by atoms with Crippen molar-refractivity contribution in [2.24, 2.45) is 5.92 Å². The van der Waals surface area contributed by atoms with Crippen molar-refractivity contribution >= 4 is 34.6 Å². The zero-order chi connectivity index (χ0) is 50.0. The maximum Gasteiger partial charge on any atom is 0.225 e. The van der Waals surface area contributed by atoms with Gasteiger partial charge in [0.1, 0.15) is 24.4 Å². The molecule has 2 heterocycles. The number of aliphatic hydroxyl groups is 8. The van der Waals surface area contributed by atoms with Gasteiger partial charge in [-0.3, -0.25) is 9.59 Å². The highest BCUT2D eigenvalue weighted by Gasteiger charge is 2.34. The Balaban J connectivity index is 1.21. The summed E-state index contributed by atoms with van der Waals surface area (Å²) in [6.45, 7) is 6.82. The highest BCUT2D eigenvalue weighted by molar-refractivity contribution is 5.92. The topological polar surface area (TPSA) is 296 Å². The van der Waals surface area contributed by atoms with Gasteiger partial charge in [-0.15, -0.1) is 0 Å². The lowest BCUT2D eigenvalue weighted by molar-refractivity contribution is -0.257. The first kappa shape index (κ1) is 58.0. The maximum atomic E-state index is 13.2. The first-order chi connectivity index (χ1) is 33.3. The highest BCUT2D eigenvalue weighted by Crippen LogP contribution is 2.26. The average Bonchev–Trinajstić information content (AvgIpc) is 3.35. The summed E-state index contributed by atoms with van der Waals surface area (Å²) in [4.78, 5) is 28.6. The molecule has 392 valence electrons. The molecular weight excluding hydrogens is 897 g/mol. The average molecular weight is 979 g/mol. The molecule has 2 aromatic carbocycles. The highest BCUT2D eigenvalue weighted by atomic mass is 16.7. The minimum absolute atomic E-state index is 0.167. The second kappa shape index (κ2) is 32.4. The smallest absolute Gasteiger partial charge is 0.225 e. The third-order valence-electron chi connectivity index (χ3n) is 12.5. The number of benzene rings is 2. The van der Waals surface area contributed by atoms with Crippen LogP contribution < -0.4 is 26.6 Å². The standard InChI is InChI=1S/C49H82N6O14/c1-3-33(2)28-50-22-25-55(23-18-46(64)53-36-10-4-8-34(26-36)51-20-6-12-42(40(62)29-56)66-48-16-14-38(60)44(31-58)68-48)24-19-47(65)54-37-11-5-9-35(27-37)52-21-7-13-43(41(63)30-57)67-49-17-15-39(61)45(32-59)69-49/h4-5,8-11,26-27,33,38-45,48-52,56-63H,3,6-7,12-25,28-32H2,1-2H3,(H,53,64)(H,54,65)/t33?,38-,39-,40?,41?,42-,43-,44?,45?,48-,49-/m1/s1. The lowest BCUT2D eigenvalue weighted by Crippen LogP contribution is -2.45. The van der Waals surface area contributed by atoms with Crippen LogP contribution in [0.2, 0.25) is 0 Å². The molecule has 2 saturated heterocycles. The van der Waals surface area contributed by atoms with Gasteiger partial charge in [0.25, 0.3) is 0 Å². The molecule has 0 aromatic heterocycles. The van der Waals surface area contributed by atoms with Gasteiger partial charge in [-0.2, -0.15) is 0 Å². The van der Waals surface area contributed by atoms with E-state index in [0.29, 0.717) is 108 Å². The number of ether oxygens (including phenoxy) is 4. The number of rotatable bonds is 34. The van der Waals surface area contributed by atoms with Crippen LogP contribution in [-0.4, -0.2) is 191 Å². The van der Waals surface area contributed by atoms with Gasteiger partial charge < -0.3 is 91.3 Å². The second-order valence-electron chi connectivity index (χ2n) is 18.2. The predicted molar refractivity (Wildman–Crippen MR) is 261 cm³/mol. The number of carbonyl (C=O) groups excluding carboxylic acids is 2. The Morgan fingerprint density at radius 2 is 1.13 bits per heavy atom. The Labute approximate surface area is 407 Å². The molecule has 0 radical (unpaired) electrons. The molecule has 5 unspecified atom stereocenters. The van der Waals surface area contributed by atoms with Crippen molar-refractivity contribution < 1.29 is 69.4 Å². The van der Waals surface area contributed by atoms with Gasteiger partial charge >= 0.3 is 0 Å². The normalized spacial score (nSPS) is 22.9. The van der Waals surface area contributed by atoms with Crippen molar-refractivity contribution in [2.45, 2.75) is 146 Å². The van der Waals surface area contributed by atoms with E-state index in [1.165, 1.54) is 0 Å². The van der Waals surface area contributed by atoms with Crippen LogP contribution in [0.15, 0.2) is 48.5 Å². The molecule has 4 rings (SSSR count). The zero-order valence-electron chi connectivity index (χ0n) is 40.5. The first-order valence-electron chi connectivity index (χ1n) is 24.8. The molecule has 0 bridgehead atoms. The number of aliphatic hydroxyl groups excluding tert-OH is 8. The molecule has 0 aliphatic carbocycles. The fraction of sp³-hybridized carbons (Fsp3) is 0.714. The molecule has 20 nitrogen and oxygen atoms in total. The van der Waals surface area contributed by atoms with Crippen molar-refractivity contribution in [3.63, 3.8) is 0 Å². The fourth-order valence-electron chi connectivity index (χ4n) is 8.07. The molecule has 2 aliphatic heterocycles. The van der Waals surface area contributed by atoms with Gasteiger partial charge in [-0.1, -0.05) is 32.4 Å². The Morgan fingerprint density at radius 1 is 0.681 bits per heavy atom. The van der Waals surface area contributed by atoms with Crippen LogP contribution in [-0.2, 0) is 28.5 Å². The van der Waals surface area contributed by atoms with Crippen molar-refractivity contribution in [1.82, 2.24) is 10.2 Å². The molecule has 0 saturated carbocycles. The van der Waals surface area contributed by atoms with E-state index in [9.17, 15) is 50.4 Å². The minimum atomic E-state index is -1.13. The lowest BCUT2D eigenvalue weighted by atomic mass is 10.0. The first-order valence-corrected chi connectivity index (χ1v) is 24.8. The summed E-state index contributed by atoms with van der Waals surface area (Å²) >= 11 is 0. The molecule has 2 aromatic rings. The van der Waals surface area contributed by atoms with E-state index in [1.807, 2.05) is 48.5 Å². The van der Waals surface area contributed by atoms with Gasteiger partial charge in [-0.25, -0.2) is 0 Å². The van der Waals surface area contributed by atoms with E-state index in [0.717, 1.165) is 24.3 Å². The van der Waals surface area contributed by atoms with Crippen molar-refractivity contribution in [3.8, 4) is 0 Å². The van der Waals surface area contributed by atoms with Gasteiger partial charge in [0.2, 0.25) is 11.8 Å². The summed E-state index contributed by atoms with van der Waals surface area (Å²) in [5.41, 5.74) is 2.81. The summed E-state index contributed by atoms with van der Waals surface area (Å²) in [6, 6.07) is 14.7. The number of amides is 2. The molecule has 11 atom stereocenters. The Bertz CT molecular complexity index is 1620. The molecule has 13 N–H and O–H groups in total. The largest absolute Gasteiger partial charge is 0.394 e. The monoisotopic (exact) mass is 979 g/mol. The van der Waals surface area contributed by atoms with Crippen LogP contribution in [0.25, 0.3) is 0 Å². The van der Waals surface area contributed by atoms with Crippen molar-refractivity contribution in [3.05, 3.63) is 48.5 Å². The van der Waals surface area contributed by atoms with Crippen molar-refractivity contribution in [1.29, 1.82) is 0 Å². The fourth-order valence-corrected chi connectivity index (χ4v) is 8.07. The van der Waals surface area contributed by atoms with E-state index in [-0.39, 0.29) is 37.9 Å². The van der Waals surface area contributed by atoms with E-state index in [2.05, 4.69) is 45.3 Å². The third kappa shape index (κ3) is 21.8. The van der Waals surface area contributed by atoms with Crippen LogP contribution in [0.5, 0.6) is 0 Å². The number of anilines is 4. The number of nitrogens with zero attached hydrogens (tertiary/aromatic N) is 1. The molecule has 69 heavy (non-hydrogen) atoms. The second-order valence-corrected chi connectivity index (χ2v) is 18.2. The Morgan fingerprint density at radius 3 is 1.55 bits per heavy atom. The number of hydrogen-bond acceptors (Lipinski definition) is 18. The SMILES string of the molecule is CCC(C)CNCCN(CCC(=O)Nc1cccc(NCCC[C@@H](O[C@H]2CC[C@@H](O)C(CO)O2)C(O)CO)c1)CCC(=O)Nc1cccc(NCCC[C@@H](O[C@H]2CC[C@@H](O)C(CO)O2)C(O)CO)c1. The Kier molecular flexibility index (Phi) is 27.2. The van der Waals surface area contributed by atoms with Gasteiger partial charge in [0.05, 0.1) is 50.8 Å². The van der Waals surface area contributed by atoms with E-state index in [1.54, 1.807) is 0 Å². The van der Waals surface area contributed by atoms with Crippen LogP contribution in [0.3, 0.4) is 0 Å². The third-order valence-corrected chi connectivity index (χ3v) is 12.5. The summed E-state index contributed by atoms with van der Waals surface area (Å²) in [5.74, 6) is 0.194. The zero-order valence-corrected chi connectivity index (χ0v) is 40.5. The number of nitrogens with one attached hydrogen (secondary N) is 5. The molecule has 20 heteroatoms. The molecule has 2 aliphatic rings.